The molecule has 3 aromatic rings. The molecule has 2 aliphatic rings. The van der Waals surface area contributed by atoms with Crippen molar-refractivity contribution in [3.63, 3.8) is 0 Å². The average molecular weight is 449 g/mol. The van der Waals surface area contributed by atoms with Crippen LogP contribution in [0.2, 0.25) is 0 Å². The van der Waals surface area contributed by atoms with Gasteiger partial charge in [-0.25, -0.2) is 9.97 Å². The van der Waals surface area contributed by atoms with Gasteiger partial charge in [-0.05, 0) is 63.3 Å². The van der Waals surface area contributed by atoms with Crippen LogP contribution in [0.15, 0.2) is 36.5 Å². The lowest BCUT2D eigenvalue weighted by Crippen LogP contribution is -2.38. The van der Waals surface area contributed by atoms with E-state index in [0.29, 0.717) is 6.54 Å². The molecule has 166 valence electrons. The summed E-state index contributed by atoms with van der Waals surface area (Å²) in [5.41, 5.74) is 4.95. The normalized spacial score (nSPS) is 20.2. The zero-order chi connectivity index (χ0) is 22.2. The number of methoxy groups -OCH3 is 1. The number of rotatable bonds is 3. The molecule has 1 N–H and O–H groups in total. The molecular weight excluding hydrogens is 420 g/mol. The van der Waals surface area contributed by atoms with Crippen LogP contribution < -0.4 is 10.2 Å². The molecule has 1 fully saturated rings. The lowest BCUT2D eigenvalue weighted by Gasteiger charge is -2.32. The van der Waals surface area contributed by atoms with E-state index < -0.39 is 0 Å². The van der Waals surface area contributed by atoms with Gasteiger partial charge in [0.25, 0.3) is 0 Å². The van der Waals surface area contributed by atoms with Gasteiger partial charge in [-0.15, -0.1) is 11.3 Å². The second-order valence-electron chi connectivity index (χ2n) is 8.65. The van der Waals surface area contributed by atoms with Crippen LogP contribution in [0.3, 0.4) is 0 Å². The van der Waals surface area contributed by atoms with E-state index in [1.54, 1.807) is 24.6 Å². The number of hydrogen-bond acceptors (Lipinski definition) is 6. The van der Waals surface area contributed by atoms with Gasteiger partial charge >= 0.3 is 0 Å². The van der Waals surface area contributed by atoms with E-state index in [2.05, 4.69) is 33.5 Å². The molecule has 7 heteroatoms. The largest absolute Gasteiger partial charge is 0.381 e. The summed E-state index contributed by atoms with van der Waals surface area (Å²) in [4.78, 5) is 26.1. The number of aryl methyl sites for hydroxylation is 2. The van der Waals surface area contributed by atoms with Crippen molar-refractivity contribution in [2.75, 3.05) is 17.3 Å². The Balaban J connectivity index is 1.55. The summed E-state index contributed by atoms with van der Waals surface area (Å²) >= 11 is 1.69. The summed E-state index contributed by atoms with van der Waals surface area (Å²) in [5.74, 6) is 1.02. The first kappa shape index (κ1) is 21.1. The number of carbonyl (C=O) groups excluding carboxylic acids is 1. The summed E-state index contributed by atoms with van der Waals surface area (Å²) in [6, 6.07) is 10.3. The Kier molecular flexibility index (Phi) is 5.69. The quantitative estimate of drug-likeness (QED) is 0.563. The van der Waals surface area contributed by atoms with E-state index in [-0.39, 0.29) is 17.9 Å². The Morgan fingerprint density at radius 3 is 2.72 bits per heavy atom. The molecule has 6 nitrogen and oxygen atoms in total. The number of anilines is 3. The van der Waals surface area contributed by atoms with Crippen molar-refractivity contribution in [2.24, 2.45) is 5.92 Å². The Hall–Kier alpha value is -2.77. The Morgan fingerprint density at radius 2 is 2.00 bits per heavy atom. The number of fused-ring (bicyclic) bond motifs is 2. The van der Waals surface area contributed by atoms with E-state index in [4.69, 9.17) is 4.74 Å². The van der Waals surface area contributed by atoms with Crippen molar-refractivity contribution >= 4 is 34.4 Å². The van der Waals surface area contributed by atoms with Crippen LogP contribution in [0.5, 0.6) is 0 Å². The Labute approximate surface area is 192 Å². The van der Waals surface area contributed by atoms with Gasteiger partial charge in [0.2, 0.25) is 5.91 Å². The number of benzene rings is 1. The second-order valence-corrected chi connectivity index (χ2v) is 9.85. The number of nitrogens with one attached hydrogen (secondary N) is 1. The van der Waals surface area contributed by atoms with Gasteiger partial charge in [0.15, 0.2) is 0 Å². The number of thiazole rings is 1. The van der Waals surface area contributed by atoms with Crippen molar-refractivity contribution in [3.05, 3.63) is 52.8 Å². The van der Waals surface area contributed by atoms with E-state index in [0.717, 1.165) is 69.6 Å². The third kappa shape index (κ3) is 3.91. The van der Waals surface area contributed by atoms with Crippen LogP contribution in [0.25, 0.3) is 10.4 Å². The maximum absolute atomic E-state index is 13.8. The first-order chi connectivity index (χ1) is 15.5. The predicted octanol–water partition coefficient (Wildman–Crippen LogP) is 5.62. The third-order valence-corrected chi connectivity index (χ3v) is 7.67. The van der Waals surface area contributed by atoms with Crippen molar-refractivity contribution in [2.45, 2.75) is 52.2 Å². The third-order valence-electron chi connectivity index (χ3n) is 6.55. The van der Waals surface area contributed by atoms with Crippen LogP contribution in [-0.2, 0) is 16.1 Å². The number of pyridine rings is 1. The molecular formula is C25H28N4O2S. The number of hydrogen-bond donors (Lipinski definition) is 1. The van der Waals surface area contributed by atoms with Crippen molar-refractivity contribution in [1.29, 1.82) is 0 Å². The fourth-order valence-corrected chi connectivity index (χ4v) is 5.74. The molecule has 5 rings (SSSR count). The summed E-state index contributed by atoms with van der Waals surface area (Å²) in [7, 11) is 1.76. The van der Waals surface area contributed by atoms with E-state index >= 15 is 0 Å². The van der Waals surface area contributed by atoms with Crippen LogP contribution in [0.1, 0.15) is 41.9 Å². The Morgan fingerprint density at radius 1 is 1.19 bits per heavy atom. The number of aromatic nitrogens is 2. The smallest absolute Gasteiger partial charge is 0.230 e. The van der Waals surface area contributed by atoms with Crippen LogP contribution >= 0.6 is 11.3 Å². The molecule has 1 aliphatic carbocycles. The number of ether oxygens (including phenoxy) is 1. The van der Waals surface area contributed by atoms with Gasteiger partial charge < -0.3 is 15.0 Å². The zero-order valence-electron chi connectivity index (χ0n) is 18.7. The lowest BCUT2D eigenvalue weighted by molar-refractivity contribution is -0.124. The maximum Gasteiger partial charge on any atom is 0.230 e. The minimum Gasteiger partial charge on any atom is -0.381 e. The second kappa shape index (κ2) is 8.64. The highest BCUT2D eigenvalue weighted by atomic mass is 32.1. The summed E-state index contributed by atoms with van der Waals surface area (Å²) < 4.78 is 5.52. The van der Waals surface area contributed by atoms with E-state index in [1.807, 2.05) is 30.9 Å². The predicted molar refractivity (Wildman–Crippen MR) is 128 cm³/mol. The van der Waals surface area contributed by atoms with E-state index in [1.165, 1.54) is 0 Å². The topological polar surface area (TPSA) is 67.3 Å². The SMILES string of the molecule is COC1CCC(C(=O)N2Cc3cccnc3Nc3ccc(-c4sc(C)nc4C)cc32)CC1. The highest BCUT2D eigenvalue weighted by molar-refractivity contribution is 7.15. The molecule has 0 atom stereocenters. The molecule has 32 heavy (non-hydrogen) atoms. The molecule has 1 amide bonds. The van der Waals surface area contributed by atoms with Gasteiger partial charge in [-0.1, -0.05) is 12.1 Å². The first-order valence-corrected chi connectivity index (χ1v) is 12.0. The molecule has 0 bridgehead atoms. The van der Waals surface area contributed by atoms with Gasteiger partial charge in [0.05, 0.1) is 39.6 Å². The monoisotopic (exact) mass is 448 g/mol. The minimum atomic E-state index is 0.0171. The molecule has 0 unspecified atom stereocenters. The zero-order valence-corrected chi connectivity index (χ0v) is 19.5. The number of nitrogens with zero attached hydrogens (tertiary/aromatic N) is 3. The fourth-order valence-electron chi connectivity index (χ4n) is 4.83. The minimum absolute atomic E-state index is 0.0171. The number of amides is 1. The molecule has 1 aromatic carbocycles. The van der Waals surface area contributed by atoms with E-state index in [9.17, 15) is 4.79 Å². The summed E-state index contributed by atoms with van der Waals surface area (Å²) in [6.07, 6.45) is 5.65. The average Bonchev–Trinajstić information content (AvgIpc) is 3.06. The standard InChI is InChI=1S/C25H28N4O2S/c1-15-23(32-16(2)27-15)18-8-11-21-22(13-18)29(14-19-5-4-12-26-24(19)28-21)25(30)17-6-9-20(31-3)10-7-17/h4-5,8,11-13,17,20H,6-7,9-10,14H2,1-3H3,(H,26,28). The molecule has 1 saturated carbocycles. The highest BCUT2D eigenvalue weighted by Gasteiger charge is 2.33. The molecule has 2 aromatic heterocycles. The van der Waals surface area contributed by atoms with Crippen LogP contribution in [0.4, 0.5) is 17.2 Å². The first-order valence-electron chi connectivity index (χ1n) is 11.2. The molecule has 1 aliphatic heterocycles. The molecule has 0 saturated heterocycles. The summed E-state index contributed by atoms with van der Waals surface area (Å²) in [5, 5.41) is 4.51. The van der Waals surface area contributed by atoms with Gasteiger partial charge in [0, 0.05) is 24.8 Å². The molecule has 3 heterocycles. The van der Waals surface area contributed by atoms with Gasteiger partial charge in [-0.2, -0.15) is 0 Å². The van der Waals surface area contributed by atoms with Crippen LogP contribution in [0, 0.1) is 19.8 Å². The maximum atomic E-state index is 13.8. The fraction of sp³-hybridized carbons (Fsp3) is 0.400. The van der Waals surface area contributed by atoms with Gasteiger partial charge in [0.1, 0.15) is 5.82 Å². The van der Waals surface area contributed by atoms with Crippen molar-refractivity contribution in [1.82, 2.24) is 9.97 Å². The Bertz CT molecular complexity index is 1150. The lowest BCUT2D eigenvalue weighted by atomic mass is 9.86. The van der Waals surface area contributed by atoms with Gasteiger partial charge in [-0.3, -0.25) is 4.79 Å². The highest BCUT2D eigenvalue weighted by Crippen LogP contribution is 2.41. The molecule has 0 radical (unpaired) electrons. The molecule has 0 spiro atoms. The van der Waals surface area contributed by atoms with Crippen molar-refractivity contribution < 1.29 is 9.53 Å². The number of carbonyl (C=O) groups is 1. The van der Waals surface area contributed by atoms with Crippen molar-refractivity contribution in [3.8, 4) is 10.4 Å². The summed E-state index contributed by atoms with van der Waals surface area (Å²) in [6.45, 7) is 4.58. The van der Waals surface area contributed by atoms with Crippen LogP contribution in [-0.4, -0.2) is 29.1 Å².